The van der Waals surface area contributed by atoms with Crippen LogP contribution in [0.25, 0.3) is 43.6 Å². The number of methoxy groups -OCH3 is 3. The van der Waals surface area contributed by atoms with E-state index in [1.54, 1.807) is 86.6 Å². The second-order valence-corrected chi connectivity index (χ2v) is 23.3. The van der Waals surface area contributed by atoms with Gasteiger partial charge in [-0.15, -0.1) is 0 Å². The second-order valence-electron chi connectivity index (χ2n) is 22.1. The molecule has 0 radical (unpaired) electrons. The number of nitro benzene ring substituents is 2. The average Bonchev–Trinajstić information content (AvgIpc) is 0.801. The van der Waals surface area contributed by atoms with Crippen molar-refractivity contribution in [1.82, 2.24) is 19.9 Å². The molecule has 0 amide bonds. The number of fused-ring (bicyclic) bond motifs is 4. The van der Waals surface area contributed by atoms with Crippen LogP contribution in [0.1, 0.15) is 42.5 Å². The number of anilines is 8. The zero-order chi connectivity index (χ0) is 73.1. The number of rotatable bonds is 19. The molecule has 12 aromatic rings. The Bertz CT molecular complexity index is 5280. The summed E-state index contributed by atoms with van der Waals surface area (Å²) in [6.07, 6.45) is 2.06. The molecule has 0 aliphatic heterocycles. The summed E-state index contributed by atoms with van der Waals surface area (Å²) in [6, 6.07) is 65.7. The van der Waals surface area contributed by atoms with Crippen molar-refractivity contribution in [3.05, 3.63) is 241 Å². The molecule has 0 atom stereocenters. The van der Waals surface area contributed by atoms with Gasteiger partial charge in [-0.1, -0.05) is 86.1 Å². The molecule has 0 unspecified atom stereocenters. The summed E-state index contributed by atoms with van der Waals surface area (Å²) in [7, 11) is 12.1. The van der Waals surface area contributed by atoms with Crippen molar-refractivity contribution in [2.45, 2.75) is 26.4 Å². The molecule has 0 saturated carbocycles. The van der Waals surface area contributed by atoms with Crippen molar-refractivity contribution in [1.29, 1.82) is 21.0 Å². The maximum absolute atomic E-state index is 12.5. The van der Waals surface area contributed by atoms with Crippen molar-refractivity contribution in [3.63, 3.8) is 0 Å². The number of ether oxygens (including phenoxy) is 5. The first kappa shape index (κ1) is 73.2. The standard InChI is InChI=1S/C22H23N3O2.C18H12F2N4O3.C18H14IN3O.C18H14N4O3/c1-4-5-12-27-22-14-17(10-11-21(22)26-3)25(2)20-13-16(15-23)24-19-9-7-6-8-18(19)20;1-23(12-6-7-17(27-18(19)20)16(9-12)24(25)26)15-8-11(10-21)22-14-5-3-2-4-13(14)15;1-22(13-7-8-18(23-2)15(19)10-13)17-9-12(11-20)21-16-6-4-3-5-14(16)17;1-21(13-7-8-18(25-2)17(10-13)22(23)24)16-9-12(11-19)20-15-6-4-3-5-14(15)16/h6-11,13-14H,4-5,12H2,1-3H3;2-9,18H,1H3;3-10H,1-2H3;3-10H,1-2H3. The number of nitro groups is 2. The molecule has 0 spiro atoms. The minimum Gasteiger partial charge on any atom is -0.496 e. The summed E-state index contributed by atoms with van der Waals surface area (Å²) in [6.45, 7) is -0.391. The third-order valence-electron chi connectivity index (χ3n) is 16.0. The normalized spacial score (nSPS) is 10.4. The highest BCUT2D eigenvalue weighted by Crippen LogP contribution is 2.41. The van der Waals surface area contributed by atoms with Crippen LogP contribution in [0.3, 0.4) is 0 Å². The lowest BCUT2D eigenvalue weighted by Gasteiger charge is -2.23. The number of nitriles is 4. The fraction of sp³-hybridized carbons (Fsp3) is 0.158. The number of pyridine rings is 4. The number of nitrogens with zero attached hydrogens (tertiary/aromatic N) is 14. The minimum absolute atomic E-state index is 0.120. The van der Waals surface area contributed by atoms with Gasteiger partial charge in [-0.2, -0.15) is 29.8 Å². The van der Waals surface area contributed by atoms with Crippen LogP contribution in [0, 0.1) is 69.1 Å². The quantitative estimate of drug-likeness (QED) is 0.0314. The van der Waals surface area contributed by atoms with Crippen LogP contribution in [-0.2, 0) is 0 Å². The third kappa shape index (κ3) is 17.1. The number of para-hydroxylation sites is 4. The first-order chi connectivity index (χ1) is 49.3. The molecule has 512 valence electrons. The van der Waals surface area contributed by atoms with Crippen LogP contribution < -0.4 is 43.3 Å². The molecule has 0 N–H and O–H groups in total. The van der Waals surface area contributed by atoms with E-state index < -0.39 is 27.9 Å². The highest BCUT2D eigenvalue weighted by molar-refractivity contribution is 14.1. The van der Waals surface area contributed by atoms with Crippen LogP contribution >= 0.6 is 22.6 Å². The lowest BCUT2D eigenvalue weighted by Crippen LogP contribution is -2.12. The molecule has 8 aromatic carbocycles. The fourth-order valence-electron chi connectivity index (χ4n) is 10.8. The average molecular weight is 1480 g/mol. The van der Waals surface area contributed by atoms with E-state index in [9.17, 15) is 50.1 Å². The van der Waals surface area contributed by atoms with Crippen LogP contribution in [0.4, 0.5) is 65.7 Å². The van der Waals surface area contributed by atoms with Crippen LogP contribution in [0.15, 0.2) is 194 Å². The lowest BCUT2D eigenvalue weighted by atomic mass is 10.1. The molecule has 0 aliphatic carbocycles. The van der Waals surface area contributed by atoms with Crippen molar-refractivity contribution < 1.29 is 42.3 Å². The van der Waals surface area contributed by atoms with E-state index in [0.717, 1.165) is 95.3 Å². The molecular formula is C76H63F2IN14O9. The first-order valence-electron chi connectivity index (χ1n) is 31.1. The Morgan fingerprint density at radius 1 is 0.441 bits per heavy atom. The molecule has 26 heteroatoms. The topological polar surface area (TPSA) is 292 Å². The smallest absolute Gasteiger partial charge is 0.387 e. The Labute approximate surface area is 598 Å². The van der Waals surface area contributed by atoms with E-state index in [1.807, 2.05) is 146 Å². The zero-order valence-corrected chi connectivity index (χ0v) is 58.4. The van der Waals surface area contributed by atoms with Gasteiger partial charge in [-0.25, -0.2) is 19.9 Å². The molecule has 4 heterocycles. The Hall–Kier alpha value is -13.1. The predicted molar refractivity (Wildman–Crippen MR) is 397 cm³/mol. The number of benzene rings is 8. The van der Waals surface area contributed by atoms with Gasteiger partial charge in [0.2, 0.25) is 5.75 Å². The van der Waals surface area contributed by atoms with Gasteiger partial charge >= 0.3 is 18.0 Å². The summed E-state index contributed by atoms with van der Waals surface area (Å²) in [5.41, 5.74) is 9.59. The molecule has 0 bridgehead atoms. The Morgan fingerprint density at radius 2 is 0.755 bits per heavy atom. The van der Waals surface area contributed by atoms with Gasteiger partial charge in [0.25, 0.3) is 0 Å². The van der Waals surface area contributed by atoms with E-state index in [-0.39, 0.29) is 22.8 Å². The molecule has 102 heavy (non-hydrogen) atoms. The second kappa shape index (κ2) is 33.9. The monoisotopic (exact) mass is 1480 g/mol. The molecule has 23 nitrogen and oxygen atoms in total. The molecule has 0 saturated heterocycles. The molecule has 4 aromatic heterocycles. The van der Waals surface area contributed by atoms with Gasteiger partial charge in [-0.05, 0) is 132 Å². The lowest BCUT2D eigenvalue weighted by molar-refractivity contribution is -0.386. The minimum atomic E-state index is -3.17. The number of unbranched alkanes of at least 4 members (excludes halogenated alkanes) is 1. The van der Waals surface area contributed by atoms with Crippen molar-refractivity contribution in [2.75, 3.05) is 75.7 Å². The van der Waals surface area contributed by atoms with Crippen LogP contribution in [-0.4, -0.2) is 92.5 Å². The Balaban J connectivity index is 0.000000158. The van der Waals surface area contributed by atoms with Crippen LogP contribution in [0.5, 0.6) is 28.7 Å². The van der Waals surface area contributed by atoms with Crippen molar-refractivity contribution >= 4 is 123 Å². The van der Waals surface area contributed by atoms with E-state index in [2.05, 4.69) is 77.3 Å². The van der Waals surface area contributed by atoms with Crippen molar-refractivity contribution in [3.8, 4) is 53.0 Å². The van der Waals surface area contributed by atoms with E-state index >= 15 is 0 Å². The van der Waals surface area contributed by atoms with Crippen LogP contribution in [0.2, 0.25) is 0 Å². The zero-order valence-electron chi connectivity index (χ0n) is 56.2. The number of aromatic nitrogens is 4. The summed E-state index contributed by atoms with van der Waals surface area (Å²) >= 11 is 2.25. The molecule has 0 fully saturated rings. The van der Waals surface area contributed by atoms with Gasteiger partial charge in [-0.3, -0.25) is 20.2 Å². The third-order valence-corrected chi connectivity index (χ3v) is 16.8. The van der Waals surface area contributed by atoms with Gasteiger partial charge in [0, 0.05) is 90.7 Å². The SMILES string of the molecule is CCCCOc1cc(N(C)c2cc(C#N)nc3ccccc23)ccc1OC.CN(c1ccc(OC(F)F)c([N+](=O)[O-])c1)c1cc(C#N)nc2ccccc12.COc1ccc(N(C)c2cc(C#N)nc3ccccc23)cc1I.COc1ccc(N(C)c2cc(C#N)nc3ccccc23)cc1[N+](=O)[O-]. The predicted octanol–water partition coefficient (Wildman–Crippen LogP) is 17.7. The molecule has 12 rings (SSSR count). The van der Waals surface area contributed by atoms with E-state index in [1.165, 1.54) is 19.2 Å². The maximum Gasteiger partial charge on any atom is 0.387 e. The Morgan fingerprint density at radius 3 is 1.08 bits per heavy atom. The van der Waals surface area contributed by atoms with Crippen molar-refractivity contribution in [2.24, 2.45) is 0 Å². The highest BCUT2D eigenvalue weighted by atomic mass is 127. The maximum atomic E-state index is 12.5. The van der Waals surface area contributed by atoms with Gasteiger partial charge in [0.15, 0.2) is 17.2 Å². The number of halogens is 3. The first-order valence-corrected chi connectivity index (χ1v) is 32.2. The number of alkyl halides is 2. The van der Waals surface area contributed by atoms with E-state index in [4.69, 9.17) is 18.9 Å². The fourth-order valence-corrected chi connectivity index (χ4v) is 11.5. The van der Waals surface area contributed by atoms with E-state index in [0.29, 0.717) is 57.6 Å². The summed E-state index contributed by atoms with van der Waals surface area (Å²) in [5, 5.41) is 63.1. The molecule has 0 aliphatic rings. The van der Waals surface area contributed by atoms with Gasteiger partial charge in [0.1, 0.15) is 52.8 Å². The van der Waals surface area contributed by atoms with Gasteiger partial charge < -0.3 is 43.3 Å². The summed E-state index contributed by atoms with van der Waals surface area (Å²) in [5.74, 6) is 1.94. The highest BCUT2D eigenvalue weighted by Gasteiger charge is 2.24. The molecular weight excluding hydrogens is 1420 g/mol. The van der Waals surface area contributed by atoms with Gasteiger partial charge in [0.05, 0.1) is 86.2 Å². The summed E-state index contributed by atoms with van der Waals surface area (Å²) in [4.78, 5) is 46.0. The number of hydrogen-bond acceptors (Lipinski definition) is 21. The summed E-state index contributed by atoms with van der Waals surface area (Å²) < 4.78 is 51.8. The largest absolute Gasteiger partial charge is 0.496 e. The Kier molecular flexibility index (Phi) is 24.4. The number of hydrogen-bond donors (Lipinski definition) is 0.